The third kappa shape index (κ3) is 5.12. The number of ether oxygens (including phenoxy) is 3. The normalized spacial score (nSPS) is 20.2. The van der Waals surface area contributed by atoms with Crippen LogP contribution in [0.4, 0.5) is 0 Å². The van der Waals surface area contributed by atoms with E-state index in [2.05, 4.69) is 36.0 Å². The molecule has 1 aromatic carbocycles. The fraction of sp³-hybridized carbons (Fsp3) is 0.273. The minimum absolute atomic E-state index is 0.222. The summed E-state index contributed by atoms with van der Waals surface area (Å²) in [6, 6.07) is 13.7. The summed E-state index contributed by atoms with van der Waals surface area (Å²) in [5, 5.41) is 4.97. The highest BCUT2D eigenvalue weighted by atomic mass is 79.9. The van der Waals surface area contributed by atoms with Crippen molar-refractivity contribution in [1.82, 2.24) is 24.7 Å². The first kappa shape index (κ1) is 22.5. The van der Waals surface area contributed by atoms with E-state index < -0.39 is 5.79 Å². The van der Waals surface area contributed by atoms with E-state index in [0.29, 0.717) is 19.8 Å². The molecule has 4 heterocycles. The molecule has 1 aliphatic rings. The van der Waals surface area contributed by atoms with Crippen molar-refractivity contribution in [3.05, 3.63) is 70.0 Å². The largest absolute Gasteiger partial charge is 0.491 e. The first-order valence-corrected chi connectivity index (χ1v) is 13.0. The van der Waals surface area contributed by atoms with Crippen molar-refractivity contribution in [2.45, 2.75) is 23.6 Å². The number of rotatable bonds is 8. The van der Waals surface area contributed by atoms with Crippen LogP contribution in [0.3, 0.4) is 0 Å². The monoisotopic (exact) mass is 545 g/mol. The van der Waals surface area contributed by atoms with Crippen LogP contribution in [0, 0.1) is 0 Å². The van der Waals surface area contributed by atoms with E-state index in [1.165, 1.54) is 18.1 Å². The molecule has 3 aromatic heterocycles. The summed E-state index contributed by atoms with van der Waals surface area (Å²) in [7, 11) is 0. The van der Waals surface area contributed by atoms with Crippen molar-refractivity contribution >= 4 is 39.0 Å². The first-order chi connectivity index (χ1) is 16.1. The van der Waals surface area contributed by atoms with Crippen molar-refractivity contribution in [1.29, 1.82) is 0 Å². The van der Waals surface area contributed by atoms with Gasteiger partial charge in [-0.2, -0.15) is 5.10 Å². The second-order valence-electron chi connectivity index (χ2n) is 7.26. The second kappa shape index (κ2) is 9.90. The maximum atomic E-state index is 6.40. The van der Waals surface area contributed by atoms with Gasteiger partial charge in [-0.05, 0) is 64.7 Å². The van der Waals surface area contributed by atoms with Gasteiger partial charge in [-0.25, -0.2) is 19.6 Å². The predicted octanol–water partition coefficient (Wildman–Crippen LogP) is 4.63. The molecule has 2 unspecified atom stereocenters. The SMILES string of the molecule is CSc1nccc(-c2ccc(OCC3COC(Cn4cncn4)(c4ccc(Br)s4)O3)cc2)n1. The van der Waals surface area contributed by atoms with Crippen LogP contribution in [0.1, 0.15) is 4.88 Å². The molecule has 5 rings (SSSR count). The van der Waals surface area contributed by atoms with E-state index in [1.807, 2.05) is 48.7 Å². The molecule has 0 amide bonds. The molecule has 0 N–H and O–H groups in total. The molecule has 1 aliphatic heterocycles. The van der Waals surface area contributed by atoms with Gasteiger partial charge in [0.05, 0.1) is 21.0 Å². The van der Waals surface area contributed by atoms with Crippen molar-refractivity contribution in [3.8, 4) is 17.0 Å². The van der Waals surface area contributed by atoms with Gasteiger partial charge in [0, 0.05) is 11.8 Å². The first-order valence-electron chi connectivity index (χ1n) is 10.1. The molecule has 170 valence electrons. The van der Waals surface area contributed by atoms with Gasteiger partial charge in [0.2, 0.25) is 5.79 Å². The smallest absolute Gasteiger partial charge is 0.225 e. The minimum Gasteiger partial charge on any atom is -0.491 e. The topological polar surface area (TPSA) is 84.2 Å². The Bertz CT molecular complexity index is 1200. The Kier molecular flexibility index (Phi) is 6.74. The van der Waals surface area contributed by atoms with E-state index >= 15 is 0 Å². The molecular weight excluding hydrogens is 526 g/mol. The Morgan fingerprint density at radius 1 is 1.24 bits per heavy atom. The van der Waals surface area contributed by atoms with Crippen LogP contribution >= 0.6 is 39.0 Å². The van der Waals surface area contributed by atoms with Gasteiger partial charge >= 0.3 is 0 Å². The van der Waals surface area contributed by atoms with E-state index in [9.17, 15) is 0 Å². The summed E-state index contributed by atoms with van der Waals surface area (Å²) >= 11 is 6.62. The van der Waals surface area contributed by atoms with Gasteiger partial charge in [-0.3, -0.25) is 0 Å². The van der Waals surface area contributed by atoms with Crippen LogP contribution in [0.2, 0.25) is 0 Å². The van der Waals surface area contributed by atoms with Gasteiger partial charge in [0.15, 0.2) is 5.16 Å². The highest BCUT2D eigenvalue weighted by molar-refractivity contribution is 9.11. The van der Waals surface area contributed by atoms with Crippen LogP contribution in [0.5, 0.6) is 5.75 Å². The molecule has 0 radical (unpaired) electrons. The highest BCUT2D eigenvalue weighted by Crippen LogP contribution is 2.41. The molecule has 2 atom stereocenters. The maximum Gasteiger partial charge on any atom is 0.225 e. The van der Waals surface area contributed by atoms with Crippen molar-refractivity contribution < 1.29 is 14.2 Å². The molecule has 8 nitrogen and oxygen atoms in total. The molecule has 4 aromatic rings. The average Bonchev–Trinajstić information content (AvgIpc) is 3.61. The fourth-order valence-corrected chi connectivity index (χ4v) is 5.32. The quantitative estimate of drug-likeness (QED) is 0.234. The van der Waals surface area contributed by atoms with Crippen LogP contribution in [0.25, 0.3) is 11.3 Å². The van der Waals surface area contributed by atoms with Gasteiger partial charge in [-0.1, -0.05) is 11.8 Å². The third-order valence-corrected chi connectivity index (χ3v) is 7.36. The van der Waals surface area contributed by atoms with E-state index in [1.54, 1.807) is 28.5 Å². The zero-order chi connectivity index (χ0) is 22.7. The summed E-state index contributed by atoms with van der Waals surface area (Å²) in [5.74, 6) is -0.168. The molecule has 33 heavy (non-hydrogen) atoms. The summed E-state index contributed by atoms with van der Waals surface area (Å²) in [5.41, 5.74) is 1.89. The number of thioether (sulfide) groups is 1. The van der Waals surface area contributed by atoms with E-state index in [4.69, 9.17) is 14.2 Å². The fourth-order valence-electron chi connectivity index (χ4n) is 3.49. The Morgan fingerprint density at radius 2 is 2.12 bits per heavy atom. The molecule has 1 fully saturated rings. The number of thiophene rings is 1. The predicted molar refractivity (Wildman–Crippen MR) is 129 cm³/mol. The van der Waals surface area contributed by atoms with Gasteiger partial charge in [0.1, 0.15) is 37.7 Å². The summed E-state index contributed by atoms with van der Waals surface area (Å²) < 4.78 is 21.3. The number of hydrogen-bond donors (Lipinski definition) is 0. The molecule has 0 aliphatic carbocycles. The standard InChI is InChI=1S/C22H20BrN5O3S2/c1-32-21-25-9-8-18(27-21)15-2-4-16(5-3-15)29-10-17-11-30-22(31-17,12-28-14-24-13-26-28)19-6-7-20(23)33-19/h2-9,13-14,17H,10-12H2,1H3. The summed E-state index contributed by atoms with van der Waals surface area (Å²) in [6.07, 6.45) is 6.67. The maximum absolute atomic E-state index is 6.40. The van der Waals surface area contributed by atoms with Gasteiger partial charge in [-0.15, -0.1) is 11.3 Å². The average molecular weight is 546 g/mol. The van der Waals surface area contributed by atoms with Crippen LogP contribution in [-0.2, 0) is 21.8 Å². The zero-order valence-corrected chi connectivity index (χ0v) is 20.8. The zero-order valence-electron chi connectivity index (χ0n) is 17.6. The van der Waals surface area contributed by atoms with Crippen molar-refractivity contribution in [2.24, 2.45) is 0 Å². The highest BCUT2D eigenvalue weighted by Gasteiger charge is 2.45. The molecule has 0 saturated carbocycles. The summed E-state index contributed by atoms with van der Waals surface area (Å²) in [4.78, 5) is 13.8. The number of aromatic nitrogens is 5. The molecule has 11 heteroatoms. The van der Waals surface area contributed by atoms with Gasteiger partial charge < -0.3 is 14.2 Å². The van der Waals surface area contributed by atoms with E-state index in [-0.39, 0.29) is 6.10 Å². The van der Waals surface area contributed by atoms with Crippen LogP contribution in [-0.4, -0.2) is 50.3 Å². The molecular formula is C22H20BrN5O3S2. The number of hydrogen-bond acceptors (Lipinski definition) is 9. The third-order valence-electron chi connectivity index (χ3n) is 5.05. The lowest BCUT2D eigenvalue weighted by Crippen LogP contribution is -2.33. The number of halogens is 1. The van der Waals surface area contributed by atoms with Crippen molar-refractivity contribution in [2.75, 3.05) is 19.5 Å². The van der Waals surface area contributed by atoms with Gasteiger partial charge in [0.25, 0.3) is 0 Å². The molecule has 1 saturated heterocycles. The number of nitrogens with zero attached hydrogens (tertiary/aromatic N) is 5. The lowest BCUT2D eigenvalue weighted by molar-refractivity contribution is -0.188. The minimum atomic E-state index is -0.926. The van der Waals surface area contributed by atoms with Crippen LogP contribution < -0.4 is 4.74 Å². The number of benzene rings is 1. The molecule has 0 bridgehead atoms. The second-order valence-corrected chi connectivity index (χ2v) is 10.5. The lowest BCUT2D eigenvalue weighted by atomic mass is 10.1. The Morgan fingerprint density at radius 3 is 2.85 bits per heavy atom. The van der Waals surface area contributed by atoms with Crippen molar-refractivity contribution in [3.63, 3.8) is 0 Å². The Labute approximate surface area is 207 Å². The molecule has 0 spiro atoms. The van der Waals surface area contributed by atoms with Crippen LogP contribution in [0.15, 0.2) is 70.3 Å². The Hall–Kier alpha value is -2.31. The lowest BCUT2D eigenvalue weighted by Gasteiger charge is -2.26. The summed E-state index contributed by atoms with van der Waals surface area (Å²) in [6.45, 7) is 1.19. The Balaban J connectivity index is 1.25. The van der Waals surface area contributed by atoms with E-state index in [0.717, 1.165) is 30.8 Å².